The van der Waals surface area contributed by atoms with Crippen LogP contribution in [0.2, 0.25) is 0 Å². The Balaban J connectivity index is 1.82. The lowest BCUT2D eigenvalue weighted by Gasteiger charge is -2.09. The lowest BCUT2D eigenvalue weighted by atomic mass is 10.3. The van der Waals surface area contributed by atoms with E-state index in [0.29, 0.717) is 19.0 Å². The Labute approximate surface area is 110 Å². The first kappa shape index (κ1) is 13.2. The summed E-state index contributed by atoms with van der Waals surface area (Å²) in [5, 5.41) is 9.26. The smallest absolute Gasteiger partial charge is 0.240 e. The van der Waals surface area contributed by atoms with Gasteiger partial charge in [0.2, 0.25) is 5.89 Å². The maximum atomic E-state index is 5.18. The number of nitrogens with zero attached hydrogens (tertiary/aromatic N) is 2. The molecule has 0 saturated heterocycles. The summed E-state index contributed by atoms with van der Waals surface area (Å²) in [6, 6.07) is 4.36. The second-order valence-corrected chi connectivity index (χ2v) is 5.13. The number of hydrogen-bond donors (Lipinski definition) is 1. The molecule has 0 aliphatic heterocycles. The fourth-order valence-electron chi connectivity index (χ4n) is 1.57. The lowest BCUT2D eigenvalue weighted by Crippen LogP contribution is -2.29. The molecule has 0 fully saturated rings. The van der Waals surface area contributed by atoms with Gasteiger partial charge < -0.3 is 14.6 Å². The van der Waals surface area contributed by atoms with E-state index in [2.05, 4.69) is 21.5 Å². The minimum atomic E-state index is 0.266. The fraction of sp³-hybridized carbons (Fsp3) is 0.500. The first-order chi connectivity index (χ1) is 8.78. The summed E-state index contributed by atoms with van der Waals surface area (Å²) in [5.41, 5.74) is 0. The highest BCUT2D eigenvalue weighted by atomic mass is 32.1. The topological polar surface area (TPSA) is 60.2 Å². The van der Waals surface area contributed by atoms with Crippen LogP contribution < -0.4 is 5.32 Å². The Morgan fingerprint density at radius 1 is 1.56 bits per heavy atom. The number of hydrogen-bond acceptors (Lipinski definition) is 6. The van der Waals surface area contributed by atoms with Crippen molar-refractivity contribution in [3.8, 4) is 0 Å². The highest BCUT2D eigenvalue weighted by Gasteiger charge is 2.08. The number of nitrogens with one attached hydrogen (secondary N) is 1. The summed E-state index contributed by atoms with van der Waals surface area (Å²) in [5.74, 6) is 1.35. The van der Waals surface area contributed by atoms with Crippen molar-refractivity contribution in [2.75, 3.05) is 13.7 Å². The SMILES string of the molecule is COC[C@H](C)NCc1nc(Cc2cccs2)no1. The van der Waals surface area contributed by atoms with E-state index >= 15 is 0 Å². The Morgan fingerprint density at radius 2 is 2.44 bits per heavy atom. The van der Waals surface area contributed by atoms with Gasteiger partial charge in [-0.1, -0.05) is 11.2 Å². The van der Waals surface area contributed by atoms with Crippen molar-refractivity contribution < 1.29 is 9.26 Å². The molecule has 0 amide bonds. The van der Waals surface area contributed by atoms with Crippen molar-refractivity contribution in [2.45, 2.75) is 25.9 Å². The lowest BCUT2D eigenvalue weighted by molar-refractivity contribution is 0.169. The molecule has 0 spiro atoms. The monoisotopic (exact) mass is 267 g/mol. The molecule has 2 heterocycles. The third-order valence-corrected chi connectivity index (χ3v) is 3.32. The molecule has 0 bridgehead atoms. The standard InChI is InChI=1S/C12H17N3O2S/c1-9(8-16-2)13-7-12-14-11(15-17-12)6-10-4-3-5-18-10/h3-5,9,13H,6-8H2,1-2H3/t9-/m0/s1. The summed E-state index contributed by atoms with van der Waals surface area (Å²) in [7, 11) is 1.68. The highest BCUT2D eigenvalue weighted by Crippen LogP contribution is 2.12. The Hall–Kier alpha value is -1.24. The second-order valence-electron chi connectivity index (χ2n) is 4.10. The summed E-state index contributed by atoms with van der Waals surface area (Å²) in [4.78, 5) is 5.58. The Bertz CT molecular complexity index is 456. The molecule has 0 aliphatic carbocycles. The van der Waals surface area contributed by atoms with Gasteiger partial charge in [-0.25, -0.2) is 0 Å². The number of aromatic nitrogens is 2. The van der Waals surface area contributed by atoms with Crippen LogP contribution in [0.25, 0.3) is 0 Å². The summed E-state index contributed by atoms with van der Waals surface area (Å²) in [6.45, 7) is 3.28. The first-order valence-electron chi connectivity index (χ1n) is 5.84. The average molecular weight is 267 g/mol. The maximum Gasteiger partial charge on any atom is 0.240 e. The van der Waals surface area contributed by atoms with E-state index in [-0.39, 0.29) is 6.04 Å². The van der Waals surface area contributed by atoms with E-state index in [9.17, 15) is 0 Å². The molecule has 1 atom stereocenters. The summed E-state index contributed by atoms with van der Waals surface area (Å²) >= 11 is 1.70. The second kappa shape index (κ2) is 6.63. The van der Waals surface area contributed by atoms with Crippen LogP contribution in [0.1, 0.15) is 23.5 Å². The van der Waals surface area contributed by atoms with Crippen LogP contribution in [0, 0.1) is 0 Å². The zero-order valence-corrected chi connectivity index (χ0v) is 11.4. The molecule has 2 aromatic rings. The molecule has 98 valence electrons. The molecule has 1 N–H and O–H groups in total. The molecule has 0 aromatic carbocycles. The minimum absolute atomic E-state index is 0.266. The van der Waals surface area contributed by atoms with E-state index in [0.717, 1.165) is 12.2 Å². The van der Waals surface area contributed by atoms with Crippen LogP contribution in [0.3, 0.4) is 0 Å². The number of methoxy groups -OCH3 is 1. The third-order valence-electron chi connectivity index (χ3n) is 2.44. The fourth-order valence-corrected chi connectivity index (χ4v) is 2.27. The molecule has 18 heavy (non-hydrogen) atoms. The van der Waals surface area contributed by atoms with Crippen LogP contribution in [-0.4, -0.2) is 29.9 Å². The molecule has 6 heteroatoms. The van der Waals surface area contributed by atoms with Gasteiger partial charge in [-0.15, -0.1) is 11.3 Å². The van der Waals surface area contributed by atoms with Gasteiger partial charge in [-0.05, 0) is 18.4 Å². The van der Waals surface area contributed by atoms with Gasteiger partial charge in [-0.2, -0.15) is 4.98 Å². The summed E-state index contributed by atoms with van der Waals surface area (Å²) < 4.78 is 10.2. The molecule has 2 rings (SSSR count). The van der Waals surface area contributed by atoms with Crippen molar-refractivity contribution in [3.05, 3.63) is 34.1 Å². The van der Waals surface area contributed by atoms with E-state index in [1.54, 1.807) is 18.4 Å². The molecule has 0 unspecified atom stereocenters. The van der Waals surface area contributed by atoms with Crippen LogP contribution in [0.15, 0.2) is 22.0 Å². The Morgan fingerprint density at radius 3 is 3.17 bits per heavy atom. The van der Waals surface area contributed by atoms with Crippen molar-refractivity contribution in [1.82, 2.24) is 15.5 Å². The number of rotatable bonds is 7. The number of ether oxygens (including phenoxy) is 1. The van der Waals surface area contributed by atoms with Crippen LogP contribution in [-0.2, 0) is 17.7 Å². The molecule has 2 aromatic heterocycles. The molecule has 5 nitrogen and oxygen atoms in total. The van der Waals surface area contributed by atoms with E-state index in [4.69, 9.17) is 9.26 Å². The normalized spacial score (nSPS) is 12.8. The molecule has 0 radical (unpaired) electrons. The van der Waals surface area contributed by atoms with Crippen molar-refractivity contribution in [3.63, 3.8) is 0 Å². The van der Waals surface area contributed by atoms with Crippen LogP contribution in [0.4, 0.5) is 0 Å². The quantitative estimate of drug-likeness (QED) is 0.829. The Kier molecular flexibility index (Phi) is 4.86. The molecular weight excluding hydrogens is 250 g/mol. The van der Waals surface area contributed by atoms with Gasteiger partial charge in [0.1, 0.15) is 0 Å². The average Bonchev–Trinajstić information content (AvgIpc) is 2.99. The van der Waals surface area contributed by atoms with Crippen molar-refractivity contribution in [1.29, 1.82) is 0 Å². The summed E-state index contributed by atoms with van der Waals surface area (Å²) in [6.07, 6.45) is 0.731. The van der Waals surface area contributed by atoms with Gasteiger partial charge in [0.15, 0.2) is 5.82 Å². The van der Waals surface area contributed by atoms with Crippen molar-refractivity contribution >= 4 is 11.3 Å². The van der Waals surface area contributed by atoms with E-state index < -0.39 is 0 Å². The maximum absolute atomic E-state index is 5.18. The third kappa shape index (κ3) is 3.90. The van der Waals surface area contributed by atoms with Gasteiger partial charge in [0, 0.05) is 24.4 Å². The van der Waals surface area contributed by atoms with Crippen LogP contribution >= 0.6 is 11.3 Å². The van der Waals surface area contributed by atoms with E-state index in [1.807, 2.05) is 18.4 Å². The van der Waals surface area contributed by atoms with Crippen LogP contribution in [0.5, 0.6) is 0 Å². The van der Waals surface area contributed by atoms with Gasteiger partial charge >= 0.3 is 0 Å². The first-order valence-corrected chi connectivity index (χ1v) is 6.72. The van der Waals surface area contributed by atoms with Gasteiger partial charge in [-0.3, -0.25) is 0 Å². The molecular formula is C12H17N3O2S. The zero-order valence-electron chi connectivity index (χ0n) is 10.5. The van der Waals surface area contributed by atoms with Crippen molar-refractivity contribution in [2.24, 2.45) is 0 Å². The highest BCUT2D eigenvalue weighted by molar-refractivity contribution is 7.09. The van der Waals surface area contributed by atoms with Gasteiger partial charge in [0.05, 0.1) is 13.2 Å². The molecule has 0 saturated carbocycles. The number of thiophene rings is 1. The van der Waals surface area contributed by atoms with Gasteiger partial charge in [0.25, 0.3) is 0 Å². The molecule has 0 aliphatic rings. The predicted octanol–water partition coefficient (Wildman–Crippen LogP) is 1.85. The largest absolute Gasteiger partial charge is 0.383 e. The van der Waals surface area contributed by atoms with E-state index in [1.165, 1.54) is 4.88 Å². The minimum Gasteiger partial charge on any atom is -0.383 e. The predicted molar refractivity (Wildman–Crippen MR) is 69.6 cm³/mol. The zero-order chi connectivity index (χ0) is 12.8.